The number of nitrogens with zero attached hydrogens (tertiary/aromatic N) is 5. The first kappa shape index (κ1) is 15.7. The van der Waals surface area contributed by atoms with Crippen molar-refractivity contribution >= 4 is 5.91 Å². The summed E-state index contributed by atoms with van der Waals surface area (Å²) in [5, 5.41) is 12.1. The van der Waals surface area contributed by atoms with Crippen molar-refractivity contribution in [2.45, 2.75) is 31.8 Å². The highest BCUT2D eigenvalue weighted by Crippen LogP contribution is 2.29. The third kappa shape index (κ3) is 2.98. The lowest BCUT2D eigenvalue weighted by molar-refractivity contribution is 0.0679. The van der Waals surface area contributed by atoms with E-state index in [0.29, 0.717) is 13.1 Å². The topological polar surface area (TPSA) is 86.3 Å². The smallest absolute Gasteiger partial charge is 0.292 e. The van der Waals surface area contributed by atoms with Gasteiger partial charge in [-0.1, -0.05) is 24.2 Å². The van der Waals surface area contributed by atoms with E-state index in [9.17, 15) is 4.79 Å². The number of ether oxygens (including phenoxy) is 1. The van der Waals surface area contributed by atoms with Gasteiger partial charge in [-0.2, -0.15) is 0 Å². The maximum atomic E-state index is 12.6. The van der Waals surface area contributed by atoms with Crippen molar-refractivity contribution in [2.75, 3.05) is 20.2 Å². The van der Waals surface area contributed by atoms with Crippen LogP contribution in [0.4, 0.5) is 0 Å². The number of aromatic nitrogens is 4. The van der Waals surface area contributed by atoms with Gasteiger partial charge in [-0.3, -0.25) is 9.48 Å². The average Bonchev–Trinajstić information content (AvgIpc) is 3.24. The summed E-state index contributed by atoms with van der Waals surface area (Å²) in [5.41, 5.74) is 1.61. The largest absolute Gasteiger partial charge is 0.379 e. The predicted molar refractivity (Wildman–Crippen MR) is 81.0 cm³/mol. The van der Waals surface area contributed by atoms with Crippen LogP contribution >= 0.6 is 0 Å². The summed E-state index contributed by atoms with van der Waals surface area (Å²) in [6.45, 7) is 5.03. The highest BCUT2D eigenvalue weighted by atomic mass is 16.5. The van der Waals surface area contributed by atoms with Crippen molar-refractivity contribution in [1.29, 1.82) is 0 Å². The first-order valence-corrected chi connectivity index (χ1v) is 7.64. The number of hydrogen-bond donors (Lipinski definition) is 0. The zero-order valence-corrected chi connectivity index (χ0v) is 13.8. The molecule has 0 N–H and O–H groups in total. The number of hydrogen-bond acceptors (Lipinski definition) is 6. The molecule has 1 saturated heterocycles. The van der Waals surface area contributed by atoms with Gasteiger partial charge in [0.15, 0.2) is 0 Å². The van der Waals surface area contributed by atoms with Crippen LogP contribution < -0.4 is 0 Å². The minimum absolute atomic E-state index is 0.00476. The fourth-order valence-corrected chi connectivity index (χ4v) is 2.82. The van der Waals surface area contributed by atoms with Gasteiger partial charge in [0.2, 0.25) is 5.76 Å². The van der Waals surface area contributed by atoms with Crippen LogP contribution in [0.5, 0.6) is 0 Å². The minimum Gasteiger partial charge on any atom is -0.379 e. The van der Waals surface area contributed by atoms with Gasteiger partial charge < -0.3 is 14.2 Å². The van der Waals surface area contributed by atoms with Gasteiger partial charge in [-0.25, -0.2) is 0 Å². The van der Waals surface area contributed by atoms with Crippen LogP contribution in [0.25, 0.3) is 0 Å². The van der Waals surface area contributed by atoms with Crippen molar-refractivity contribution < 1.29 is 14.1 Å². The minimum atomic E-state index is -0.169. The molecule has 3 rings (SSSR count). The number of amides is 1. The molecule has 0 saturated carbocycles. The number of rotatable bonds is 4. The first-order chi connectivity index (χ1) is 11.0. The lowest BCUT2D eigenvalue weighted by atomic mass is 10.0. The Hall–Kier alpha value is -2.22. The Labute approximate surface area is 134 Å². The van der Waals surface area contributed by atoms with E-state index in [0.717, 1.165) is 11.4 Å². The maximum absolute atomic E-state index is 12.6. The molecule has 124 valence electrons. The molecule has 0 radical (unpaired) electrons. The summed E-state index contributed by atoms with van der Waals surface area (Å²) >= 11 is 0. The summed E-state index contributed by atoms with van der Waals surface area (Å²) in [6, 6.07) is 1.71. The normalized spacial score (nSPS) is 21.3. The molecular formula is C15H21N5O3. The summed E-state index contributed by atoms with van der Waals surface area (Å²) in [5.74, 6) is 0.323. The summed E-state index contributed by atoms with van der Waals surface area (Å²) in [6.07, 6.45) is 1.75. The van der Waals surface area contributed by atoms with E-state index < -0.39 is 0 Å². The van der Waals surface area contributed by atoms with Crippen LogP contribution in [0.3, 0.4) is 0 Å². The van der Waals surface area contributed by atoms with Crippen molar-refractivity contribution in [1.82, 2.24) is 25.1 Å². The predicted octanol–water partition coefficient (Wildman–Crippen LogP) is 1.18. The van der Waals surface area contributed by atoms with Gasteiger partial charge in [0.25, 0.3) is 5.91 Å². The Kier molecular flexibility index (Phi) is 4.16. The molecule has 2 aromatic heterocycles. The Balaban J connectivity index is 1.77. The van der Waals surface area contributed by atoms with Gasteiger partial charge in [0.1, 0.15) is 0 Å². The Morgan fingerprint density at radius 1 is 1.43 bits per heavy atom. The Morgan fingerprint density at radius 3 is 2.78 bits per heavy atom. The van der Waals surface area contributed by atoms with E-state index in [2.05, 4.69) is 15.5 Å². The van der Waals surface area contributed by atoms with E-state index in [1.807, 2.05) is 27.1 Å². The van der Waals surface area contributed by atoms with E-state index in [-0.39, 0.29) is 29.6 Å². The number of methoxy groups -OCH3 is 1. The van der Waals surface area contributed by atoms with Gasteiger partial charge in [-0.05, 0) is 5.92 Å². The second-order valence-corrected chi connectivity index (χ2v) is 6.18. The van der Waals surface area contributed by atoms with Crippen molar-refractivity contribution in [2.24, 2.45) is 7.05 Å². The molecule has 0 spiro atoms. The monoisotopic (exact) mass is 319 g/mol. The molecule has 0 aliphatic carbocycles. The SMILES string of the molecule is CO[C@@H]1CN(C(=O)c2cc(C(C)C)no2)C[C@H]1c1cn(C)nn1. The van der Waals surface area contributed by atoms with Gasteiger partial charge in [0, 0.05) is 39.5 Å². The second kappa shape index (κ2) is 6.11. The molecule has 3 heterocycles. The molecule has 8 heteroatoms. The third-order valence-corrected chi connectivity index (χ3v) is 4.19. The molecule has 23 heavy (non-hydrogen) atoms. The van der Waals surface area contributed by atoms with E-state index >= 15 is 0 Å². The zero-order chi connectivity index (χ0) is 16.6. The van der Waals surface area contributed by atoms with Crippen molar-refractivity contribution in [3.63, 3.8) is 0 Å². The summed E-state index contributed by atoms with van der Waals surface area (Å²) in [7, 11) is 3.46. The van der Waals surface area contributed by atoms with Crippen LogP contribution in [0.1, 0.15) is 47.6 Å². The second-order valence-electron chi connectivity index (χ2n) is 6.18. The van der Waals surface area contributed by atoms with Crippen LogP contribution in [0.2, 0.25) is 0 Å². The van der Waals surface area contributed by atoms with Crippen molar-refractivity contribution in [3.05, 3.63) is 29.4 Å². The number of aryl methyl sites for hydroxylation is 1. The average molecular weight is 319 g/mol. The molecule has 1 fully saturated rings. The molecule has 8 nitrogen and oxygen atoms in total. The Morgan fingerprint density at radius 2 is 2.22 bits per heavy atom. The van der Waals surface area contributed by atoms with E-state index in [1.54, 1.807) is 22.8 Å². The summed E-state index contributed by atoms with van der Waals surface area (Å²) in [4.78, 5) is 14.3. The fraction of sp³-hybridized carbons (Fsp3) is 0.600. The van der Waals surface area contributed by atoms with Crippen LogP contribution in [0, 0.1) is 0 Å². The molecule has 0 bridgehead atoms. The standard InChI is InChI=1S/C15H21N5O3/c1-9(2)11-5-13(23-17-11)15(21)20-6-10(14(8-20)22-4)12-7-19(3)18-16-12/h5,7,9-10,14H,6,8H2,1-4H3/t10-,14+/m0/s1. The molecule has 0 aromatic carbocycles. The van der Waals surface area contributed by atoms with E-state index in [4.69, 9.17) is 9.26 Å². The number of likely N-dealkylation sites (tertiary alicyclic amines) is 1. The van der Waals surface area contributed by atoms with Gasteiger partial charge in [-0.15, -0.1) is 5.10 Å². The van der Waals surface area contributed by atoms with Crippen LogP contribution in [-0.2, 0) is 11.8 Å². The lowest BCUT2D eigenvalue weighted by Crippen LogP contribution is -2.29. The molecule has 1 aliphatic heterocycles. The molecule has 1 amide bonds. The van der Waals surface area contributed by atoms with Crippen molar-refractivity contribution in [3.8, 4) is 0 Å². The number of carbonyl (C=O) groups is 1. The third-order valence-electron chi connectivity index (χ3n) is 4.19. The zero-order valence-electron chi connectivity index (χ0n) is 13.8. The molecular weight excluding hydrogens is 298 g/mol. The maximum Gasteiger partial charge on any atom is 0.292 e. The van der Waals surface area contributed by atoms with Crippen LogP contribution in [-0.4, -0.2) is 57.3 Å². The first-order valence-electron chi connectivity index (χ1n) is 7.64. The Bertz CT molecular complexity index is 693. The molecule has 1 aliphatic rings. The van der Waals surface area contributed by atoms with Gasteiger partial charge >= 0.3 is 0 Å². The van der Waals surface area contributed by atoms with E-state index in [1.165, 1.54) is 0 Å². The quantitative estimate of drug-likeness (QED) is 0.841. The summed E-state index contributed by atoms with van der Waals surface area (Å²) < 4.78 is 12.4. The lowest BCUT2D eigenvalue weighted by Gasteiger charge is -2.13. The number of carbonyl (C=O) groups excluding carboxylic acids is 1. The molecule has 2 aromatic rings. The van der Waals surface area contributed by atoms with Crippen LogP contribution in [0.15, 0.2) is 16.8 Å². The highest BCUT2D eigenvalue weighted by Gasteiger charge is 2.39. The molecule has 2 atom stereocenters. The highest BCUT2D eigenvalue weighted by molar-refractivity contribution is 5.91. The molecule has 0 unspecified atom stereocenters. The fourth-order valence-electron chi connectivity index (χ4n) is 2.82. The van der Waals surface area contributed by atoms with Gasteiger partial charge in [0.05, 0.1) is 23.4 Å².